The zero-order valence-electron chi connectivity index (χ0n) is 13.6. The normalized spacial score (nSPS) is 17.2. The third-order valence-corrected chi connectivity index (χ3v) is 4.90. The first-order chi connectivity index (χ1) is 11.6. The van der Waals surface area contributed by atoms with Crippen molar-refractivity contribution in [3.8, 4) is 0 Å². The maximum atomic E-state index is 12.6. The summed E-state index contributed by atoms with van der Waals surface area (Å²) in [5.74, 6) is -1.37. The molecule has 0 unspecified atom stereocenters. The molecule has 0 atom stereocenters. The highest BCUT2D eigenvalue weighted by Crippen LogP contribution is 2.35. The van der Waals surface area contributed by atoms with Crippen LogP contribution in [0.25, 0.3) is 10.9 Å². The minimum absolute atomic E-state index is 0.297. The van der Waals surface area contributed by atoms with Crippen molar-refractivity contribution in [2.45, 2.75) is 45.1 Å². The summed E-state index contributed by atoms with van der Waals surface area (Å²) in [6.45, 7) is 0.297. The van der Waals surface area contributed by atoms with E-state index in [-0.39, 0.29) is 5.91 Å². The molecule has 2 N–H and O–H groups in total. The van der Waals surface area contributed by atoms with Crippen molar-refractivity contribution in [1.29, 1.82) is 0 Å². The van der Waals surface area contributed by atoms with Crippen LogP contribution < -0.4 is 5.32 Å². The minimum atomic E-state index is -1.28. The quantitative estimate of drug-likeness (QED) is 0.667. The molecule has 24 heavy (non-hydrogen) atoms. The Morgan fingerprint density at radius 1 is 1.12 bits per heavy atom. The van der Waals surface area contributed by atoms with Crippen molar-refractivity contribution in [2.75, 3.05) is 0 Å². The van der Waals surface area contributed by atoms with Gasteiger partial charge in [-0.3, -0.25) is 14.6 Å². The van der Waals surface area contributed by atoms with Crippen LogP contribution in [0.15, 0.2) is 36.5 Å². The number of carboxylic acids is 1. The van der Waals surface area contributed by atoms with Crippen LogP contribution in [0.4, 0.5) is 0 Å². The standard InChI is InChI=1S/C19H22N2O3/c22-17(19(18(23)24)9-5-1-2-6-10-19)21-13-14-11-15-7-3-4-8-16(15)20-12-14/h3-4,7-8,11-12H,1-2,5-6,9-10,13H2,(H,21,22)(H,23,24). The van der Waals surface area contributed by atoms with Crippen molar-refractivity contribution in [1.82, 2.24) is 10.3 Å². The fraction of sp³-hybridized carbons (Fsp3) is 0.421. The lowest BCUT2D eigenvalue weighted by Crippen LogP contribution is -2.46. The van der Waals surface area contributed by atoms with Crippen LogP contribution in [0.2, 0.25) is 0 Å². The van der Waals surface area contributed by atoms with Gasteiger partial charge in [0.25, 0.3) is 0 Å². The van der Waals surface area contributed by atoms with Crippen molar-refractivity contribution in [3.63, 3.8) is 0 Å². The summed E-state index contributed by atoms with van der Waals surface area (Å²) >= 11 is 0. The second-order valence-corrected chi connectivity index (χ2v) is 6.52. The highest BCUT2D eigenvalue weighted by Gasteiger charge is 2.45. The zero-order chi connectivity index (χ0) is 17.0. The molecule has 1 amide bonds. The number of para-hydroxylation sites is 1. The van der Waals surface area contributed by atoms with Gasteiger partial charge in [0.1, 0.15) is 5.41 Å². The summed E-state index contributed by atoms with van der Waals surface area (Å²) in [5.41, 5.74) is 0.496. The van der Waals surface area contributed by atoms with Gasteiger partial charge in [0.2, 0.25) is 5.91 Å². The van der Waals surface area contributed by atoms with E-state index in [1.165, 1.54) is 0 Å². The van der Waals surface area contributed by atoms with Crippen LogP contribution in [-0.4, -0.2) is 22.0 Å². The largest absolute Gasteiger partial charge is 0.480 e. The number of fused-ring (bicyclic) bond motifs is 1. The number of hydrogen-bond acceptors (Lipinski definition) is 3. The van der Waals surface area contributed by atoms with Gasteiger partial charge in [-0.25, -0.2) is 0 Å². The van der Waals surface area contributed by atoms with Crippen molar-refractivity contribution >= 4 is 22.8 Å². The Hall–Kier alpha value is -2.43. The predicted octanol–water partition coefficient (Wildman–Crippen LogP) is 3.28. The van der Waals surface area contributed by atoms with Crippen LogP contribution in [0.1, 0.15) is 44.1 Å². The molecular formula is C19H22N2O3. The SMILES string of the molecule is O=C(O)C1(C(=O)NCc2cnc3ccccc3c2)CCCCCC1. The van der Waals surface area contributed by atoms with E-state index < -0.39 is 11.4 Å². The first-order valence-electron chi connectivity index (χ1n) is 8.47. The number of carboxylic acid groups (broad SMARTS) is 1. The third kappa shape index (κ3) is 3.25. The van der Waals surface area contributed by atoms with Crippen molar-refractivity contribution < 1.29 is 14.7 Å². The molecule has 1 aliphatic rings. The molecular weight excluding hydrogens is 304 g/mol. The average molecular weight is 326 g/mol. The number of rotatable bonds is 4. The maximum Gasteiger partial charge on any atom is 0.319 e. The van der Waals surface area contributed by atoms with E-state index in [1.807, 2.05) is 30.3 Å². The molecule has 126 valence electrons. The summed E-state index contributed by atoms with van der Waals surface area (Å²) in [6, 6.07) is 9.75. The number of aromatic nitrogens is 1. The molecule has 0 spiro atoms. The fourth-order valence-electron chi connectivity index (χ4n) is 3.43. The Morgan fingerprint density at radius 2 is 1.83 bits per heavy atom. The Bertz CT molecular complexity index is 749. The first kappa shape index (κ1) is 16.4. The number of hydrogen-bond donors (Lipinski definition) is 2. The first-order valence-corrected chi connectivity index (χ1v) is 8.47. The number of carbonyl (C=O) groups is 2. The number of nitrogens with zero attached hydrogens (tertiary/aromatic N) is 1. The van der Waals surface area contributed by atoms with E-state index in [9.17, 15) is 14.7 Å². The van der Waals surface area contributed by atoms with E-state index >= 15 is 0 Å². The van der Waals surface area contributed by atoms with Crippen LogP contribution in [0.5, 0.6) is 0 Å². The molecule has 0 aliphatic heterocycles. The summed E-state index contributed by atoms with van der Waals surface area (Å²) in [6.07, 6.45) is 6.14. The van der Waals surface area contributed by atoms with Crippen LogP contribution in [-0.2, 0) is 16.1 Å². The van der Waals surface area contributed by atoms with Crippen molar-refractivity contribution in [2.24, 2.45) is 5.41 Å². The average Bonchev–Trinajstić information content (AvgIpc) is 2.86. The Kier molecular flexibility index (Phi) is 4.79. The molecule has 1 heterocycles. The molecule has 0 saturated heterocycles. The van der Waals surface area contributed by atoms with Gasteiger partial charge in [0, 0.05) is 18.1 Å². The van der Waals surface area contributed by atoms with Gasteiger partial charge in [-0.05, 0) is 30.5 Å². The lowest BCUT2D eigenvalue weighted by Gasteiger charge is -2.26. The van der Waals surface area contributed by atoms with E-state index in [4.69, 9.17) is 0 Å². The molecule has 1 saturated carbocycles. The van der Waals surface area contributed by atoms with Crippen LogP contribution >= 0.6 is 0 Å². The number of carbonyl (C=O) groups excluding carboxylic acids is 1. The number of nitrogens with one attached hydrogen (secondary N) is 1. The maximum absolute atomic E-state index is 12.6. The predicted molar refractivity (Wildman–Crippen MR) is 91.4 cm³/mol. The molecule has 0 bridgehead atoms. The number of amides is 1. The minimum Gasteiger partial charge on any atom is -0.480 e. The molecule has 1 aliphatic carbocycles. The Balaban J connectivity index is 1.73. The van der Waals surface area contributed by atoms with Crippen molar-refractivity contribution in [3.05, 3.63) is 42.1 Å². The number of aliphatic carboxylic acids is 1. The van der Waals surface area contributed by atoms with Gasteiger partial charge >= 0.3 is 5.97 Å². The fourth-order valence-corrected chi connectivity index (χ4v) is 3.43. The molecule has 1 fully saturated rings. The van der Waals surface area contributed by atoms with E-state index in [0.29, 0.717) is 19.4 Å². The molecule has 1 aromatic heterocycles. The molecule has 5 heteroatoms. The van der Waals surface area contributed by atoms with E-state index in [0.717, 1.165) is 42.1 Å². The second-order valence-electron chi connectivity index (χ2n) is 6.52. The van der Waals surface area contributed by atoms with Crippen LogP contribution in [0.3, 0.4) is 0 Å². The topological polar surface area (TPSA) is 79.3 Å². The second kappa shape index (κ2) is 6.99. The van der Waals surface area contributed by atoms with Gasteiger partial charge in [-0.1, -0.05) is 43.9 Å². The summed E-state index contributed by atoms with van der Waals surface area (Å²) in [5, 5.41) is 13.5. The smallest absolute Gasteiger partial charge is 0.319 e. The number of pyridine rings is 1. The summed E-state index contributed by atoms with van der Waals surface area (Å²) in [7, 11) is 0. The molecule has 5 nitrogen and oxygen atoms in total. The lowest BCUT2D eigenvalue weighted by molar-refractivity contribution is -0.157. The third-order valence-electron chi connectivity index (χ3n) is 4.90. The highest BCUT2D eigenvalue weighted by atomic mass is 16.4. The van der Waals surface area contributed by atoms with E-state index in [1.54, 1.807) is 6.20 Å². The molecule has 3 rings (SSSR count). The Morgan fingerprint density at radius 3 is 2.54 bits per heavy atom. The highest BCUT2D eigenvalue weighted by molar-refractivity contribution is 6.01. The van der Waals surface area contributed by atoms with Gasteiger partial charge < -0.3 is 10.4 Å². The zero-order valence-corrected chi connectivity index (χ0v) is 13.6. The molecule has 1 aromatic carbocycles. The van der Waals surface area contributed by atoms with Gasteiger partial charge in [0.05, 0.1) is 5.52 Å². The molecule has 0 radical (unpaired) electrons. The monoisotopic (exact) mass is 326 g/mol. The van der Waals surface area contributed by atoms with Gasteiger partial charge in [-0.2, -0.15) is 0 Å². The van der Waals surface area contributed by atoms with Crippen LogP contribution in [0, 0.1) is 5.41 Å². The lowest BCUT2D eigenvalue weighted by atomic mass is 9.79. The molecule has 2 aromatic rings. The van der Waals surface area contributed by atoms with Gasteiger partial charge in [-0.15, -0.1) is 0 Å². The summed E-state index contributed by atoms with van der Waals surface area (Å²) in [4.78, 5) is 28.8. The number of benzene rings is 1. The van der Waals surface area contributed by atoms with Gasteiger partial charge in [0.15, 0.2) is 0 Å². The van der Waals surface area contributed by atoms with E-state index in [2.05, 4.69) is 10.3 Å². The Labute approximate surface area is 141 Å². The summed E-state index contributed by atoms with van der Waals surface area (Å²) < 4.78 is 0.